The Balaban J connectivity index is 1.95. The molecule has 1 saturated heterocycles. The predicted molar refractivity (Wildman–Crippen MR) is 121 cm³/mol. The SMILES string of the molecule is CCCCCCCCCCCCCCCCC(=S)O[C@@H]1[C@@H](O)[C@H](O)CO[C@H]1CO. The third-order valence-corrected chi connectivity index (χ3v) is 6.06. The summed E-state index contributed by atoms with van der Waals surface area (Å²) in [5.41, 5.74) is 0. The number of ether oxygens (including phenoxy) is 2. The van der Waals surface area contributed by atoms with Crippen LogP contribution in [-0.4, -0.2) is 58.0 Å². The van der Waals surface area contributed by atoms with Crippen LogP contribution in [0.2, 0.25) is 0 Å². The van der Waals surface area contributed by atoms with Crippen LogP contribution in [0.25, 0.3) is 0 Å². The van der Waals surface area contributed by atoms with E-state index in [1.165, 1.54) is 77.0 Å². The van der Waals surface area contributed by atoms with Crippen molar-refractivity contribution in [3.63, 3.8) is 0 Å². The molecule has 4 atom stereocenters. The fraction of sp³-hybridized carbons (Fsp3) is 0.957. The normalized spacial score (nSPS) is 24.6. The number of hydrogen-bond acceptors (Lipinski definition) is 6. The third kappa shape index (κ3) is 12.2. The van der Waals surface area contributed by atoms with E-state index in [9.17, 15) is 15.3 Å². The first kappa shape index (κ1) is 26.8. The second-order valence-electron chi connectivity index (χ2n) is 8.41. The van der Waals surface area contributed by atoms with Crippen LogP contribution in [0.4, 0.5) is 0 Å². The highest BCUT2D eigenvalue weighted by Gasteiger charge is 2.40. The molecule has 0 saturated carbocycles. The van der Waals surface area contributed by atoms with E-state index in [1.54, 1.807) is 0 Å². The molecular weight excluding hydrogens is 388 g/mol. The summed E-state index contributed by atoms with van der Waals surface area (Å²) in [7, 11) is 0. The average molecular weight is 433 g/mol. The van der Waals surface area contributed by atoms with Crippen LogP contribution in [0.3, 0.4) is 0 Å². The molecule has 0 spiro atoms. The van der Waals surface area contributed by atoms with Crippen molar-refractivity contribution >= 4 is 17.3 Å². The second kappa shape index (κ2) is 17.4. The molecule has 1 fully saturated rings. The molecule has 5 nitrogen and oxygen atoms in total. The van der Waals surface area contributed by atoms with Crippen molar-refractivity contribution in [1.29, 1.82) is 0 Å². The first-order chi connectivity index (χ1) is 14.1. The van der Waals surface area contributed by atoms with Gasteiger partial charge >= 0.3 is 0 Å². The first-order valence-corrected chi connectivity index (χ1v) is 12.3. The molecule has 1 rings (SSSR count). The van der Waals surface area contributed by atoms with E-state index in [0.29, 0.717) is 11.5 Å². The number of aliphatic hydroxyl groups excluding tert-OH is 3. The molecule has 3 N–H and O–H groups in total. The monoisotopic (exact) mass is 432 g/mol. The number of unbranched alkanes of at least 4 members (excludes halogenated alkanes) is 13. The summed E-state index contributed by atoms with van der Waals surface area (Å²) in [5.74, 6) is 0. The number of hydrogen-bond donors (Lipinski definition) is 3. The van der Waals surface area contributed by atoms with E-state index in [0.717, 1.165) is 12.8 Å². The summed E-state index contributed by atoms with van der Waals surface area (Å²) in [6.45, 7) is 1.99. The minimum absolute atomic E-state index is 0.00201. The van der Waals surface area contributed by atoms with E-state index in [4.69, 9.17) is 21.7 Å². The molecule has 172 valence electrons. The first-order valence-electron chi connectivity index (χ1n) is 11.9. The Hall–Kier alpha value is -0.270. The summed E-state index contributed by atoms with van der Waals surface area (Å²) < 4.78 is 10.9. The van der Waals surface area contributed by atoms with Crippen molar-refractivity contribution in [2.24, 2.45) is 0 Å². The molecule has 29 heavy (non-hydrogen) atoms. The number of aliphatic hydroxyl groups is 3. The molecule has 0 radical (unpaired) electrons. The largest absolute Gasteiger partial charge is 0.478 e. The third-order valence-electron chi connectivity index (χ3n) is 5.76. The van der Waals surface area contributed by atoms with Gasteiger partial charge in [-0.15, -0.1) is 0 Å². The van der Waals surface area contributed by atoms with Crippen LogP contribution in [0.5, 0.6) is 0 Å². The molecule has 0 amide bonds. The second-order valence-corrected chi connectivity index (χ2v) is 8.87. The van der Waals surface area contributed by atoms with Crippen LogP contribution in [-0.2, 0) is 9.47 Å². The van der Waals surface area contributed by atoms with Gasteiger partial charge in [-0.05, 0) is 18.6 Å². The van der Waals surface area contributed by atoms with E-state index in [2.05, 4.69) is 6.92 Å². The summed E-state index contributed by atoms with van der Waals surface area (Å²) in [4.78, 5) is 0. The summed E-state index contributed by atoms with van der Waals surface area (Å²) in [6.07, 6.45) is 15.4. The van der Waals surface area contributed by atoms with Crippen LogP contribution in [0, 0.1) is 0 Å². The van der Waals surface area contributed by atoms with Gasteiger partial charge in [0.05, 0.1) is 13.2 Å². The average Bonchev–Trinajstić information content (AvgIpc) is 2.72. The minimum Gasteiger partial charge on any atom is -0.478 e. The van der Waals surface area contributed by atoms with Crippen LogP contribution < -0.4 is 0 Å². The summed E-state index contributed by atoms with van der Waals surface area (Å²) in [6, 6.07) is 0. The van der Waals surface area contributed by atoms with Crippen LogP contribution in [0.1, 0.15) is 103 Å². The van der Waals surface area contributed by atoms with Gasteiger partial charge in [0.15, 0.2) is 11.2 Å². The van der Waals surface area contributed by atoms with Gasteiger partial charge in [0, 0.05) is 6.42 Å². The minimum atomic E-state index is -1.09. The van der Waals surface area contributed by atoms with Crippen molar-refractivity contribution in [3.05, 3.63) is 0 Å². The highest BCUT2D eigenvalue weighted by Crippen LogP contribution is 2.20. The lowest BCUT2D eigenvalue weighted by Crippen LogP contribution is -2.55. The molecule has 0 aromatic rings. The molecule has 1 heterocycles. The number of rotatable bonds is 17. The lowest BCUT2D eigenvalue weighted by Gasteiger charge is -2.37. The van der Waals surface area contributed by atoms with Gasteiger partial charge < -0.3 is 24.8 Å². The highest BCUT2D eigenvalue weighted by molar-refractivity contribution is 7.80. The Kier molecular flexibility index (Phi) is 16.1. The molecule has 1 aliphatic rings. The van der Waals surface area contributed by atoms with Gasteiger partial charge in [-0.2, -0.15) is 0 Å². The zero-order valence-electron chi connectivity index (χ0n) is 18.4. The smallest absolute Gasteiger partial charge is 0.160 e. The Bertz CT molecular complexity index is 405. The Labute approximate surface area is 183 Å². The zero-order valence-corrected chi connectivity index (χ0v) is 19.2. The molecular formula is C23H44O5S. The highest BCUT2D eigenvalue weighted by atomic mass is 32.1. The molecule has 0 unspecified atom stereocenters. The maximum atomic E-state index is 10.1. The van der Waals surface area contributed by atoms with Crippen molar-refractivity contribution in [2.45, 2.75) is 128 Å². The van der Waals surface area contributed by atoms with Gasteiger partial charge in [0.1, 0.15) is 18.3 Å². The van der Waals surface area contributed by atoms with Gasteiger partial charge in [-0.1, -0.05) is 90.4 Å². The van der Waals surface area contributed by atoms with Gasteiger partial charge in [-0.3, -0.25) is 0 Å². The van der Waals surface area contributed by atoms with E-state index >= 15 is 0 Å². The van der Waals surface area contributed by atoms with Gasteiger partial charge in [-0.25, -0.2) is 0 Å². The van der Waals surface area contributed by atoms with Crippen molar-refractivity contribution in [2.75, 3.05) is 13.2 Å². The molecule has 0 aromatic carbocycles. The standard InChI is InChI=1S/C23H44O5S/c1-2-3-4-5-6-7-8-9-10-11-12-13-14-15-16-21(29)28-23-20(17-24)27-18-19(25)22(23)26/h19-20,22-26H,2-18H2,1H3/t19-,20+,22+,23+/m1/s1. The molecule has 0 bridgehead atoms. The van der Waals surface area contributed by atoms with Crippen molar-refractivity contribution in [3.8, 4) is 0 Å². The predicted octanol–water partition coefficient (Wildman–Crippen LogP) is 4.68. The Morgan fingerprint density at radius 3 is 1.83 bits per heavy atom. The maximum absolute atomic E-state index is 10.1. The Morgan fingerprint density at radius 1 is 0.862 bits per heavy atom. The lowest BCUT2D eigenvalue weighted by atomic mass is 10.0. The lowest BCUT2D eigenvalue weighted by molar-refractivity contribution is -0.190. The quantitative estimate of drug-likeness (QED) is 0.229. The van der Waals surface area contributed by atoms with Crippen molar-refractivity contribution < 1.29 is 24.8 Å². The van der Waals surface area contributed by atoms with Crippen molar-refractivity contribution in [1.82, 2.24) is 0 Å². The molecule has 6 heteroatoms. The number of thiocarbonyl (C=S) groups is 1. The molecule has 1 aliphatic heterocycles. The molecule has 0 aromatic heterocycles. The fourth-order valence-electron chi connectivity index (χ4n) is 3.83. The van der Waals surface area contributed by atoms with E-state index in [-0.39, 0.29) is 13.2 Å². The Morgan fingerprint density at radius 2 is 1.34 bits per heavy atom. The fourth-order valence-corrected chi connectivity index (χ4v) is 4.09. The zero-order chi connectivity index (χ0) is 21.3. The van der Waals surface area contributed by atoms with Gasteiger partial charge in [0.2, 0.25) is 0 Å². The van der Waals surface area contributed by atoms with E-state index in [1.807, 2.05) is 0 Å². The van der Waals surface area contributed by atoms with Gasteiger partial charge in [0.25, 0.3) is 0 Å². The molecule has 0 aliphatic carbocycles. The summed E-state index contributed by atoms with van der Waals surface area (Å²) in [5, 5.41) is 29.5. The summed E-state index contributed by atoms with van der Waals surface area (Å²) >= 11 is 5.27. The van der Waals surface area contributed by atoms with Crippen LogP contribution in [0.15, 0.2) is 0 Å². The maximum Gasteiger partial charge on any atom is 0.160 e. The van der Waals surface area contributed by atoms with Crippen LogP contribution >= 0.6 is 12.2 Å². The topological polar surface area (TPSA) is 79.2 Å². The van der Waals surface area contributed by atoms with E-state index < -0.39 is 24.4 Å².